The molecule has 0 aliphatic heterocycles. The van der Waals surface area contributed by atoms with Crippen molar-refractivity contribution in [2.45, 2.75) is 13.5 Å². The molecule has 1 aromatic heterocycles. The molecule has 7 nitrogen and oxygen atoms in total. The number of rotatable bonds is 5. The van der Waals surface area contributed by atoms with E-state index in [2.05, 4.69) is 5.32 Å². The maximum Gasteiger partial charge on any atom is 0.324 e. The fraction of sp³-hybridized carbons (Fsp3) is 0.167. The van der Waals surface area contributed by atoms with Gasteiger partial charge in [-0.3, -0.25) is 20.2 Å². The molecule has 0 bridgehead atoms. The molecule has 0 aliphatic rings. The summed E-state index contributed by atoms with van der Waals surface area (Å²) >= 11 is 6.91. The number of benzene rings is 1. The number of nitrogens with zero attached hydrogens (tertiary/aromatic N) is 2. The van der Waals surface area contributed by atoms with Crippen LogP contribution >= 0.6 is 22.9 Å². The Morgan fingerprint density at radius 2 is 1.95 bits per heavy atom. The molecule has 0 amide bonds. The molecule has 1 N–H and O–H groups in total. The van der Waals surface area contributed by atoms with E-state index in [-0.39, 0.29) is 15.7 Å². The lowest BCUT2D eigenvalue weighted by molar-refractivity contribution is -0.384. The molecule has 2 rings (SSSR count). The third kappa shape index (κ3) is 3.47. The molecular formula is C12H10ClN3O4S. The Labute approximate surface area is 128 Å². The van der Waals surface area contributed by atoms with Gasteiger partial charge in [-0.2, -0.15) is 0 Å². The van der Waals surface area contributed by atoms with Gasteiger partial charge in [-0.1, -0.05) is 22.9 Å². The molecule has 1 heterocycles. The van der Waals surface area contributed by atoms with Gasteiger partial charge in [0.15, 0.2) is 0 Å². The van der Waals surface area contributed by atoms with Crippen molar-refractivity contribution >= 4 is 39.3 Å². The summed E-state index contributed by atoms with van der Waals surface area (Å²) in [6.45, 7) is 2.10. The monoisotopic (exact) mass is 327 g/mol. The van der Waals surface area contributed by atoms with E-state index >= 15 is 0 Å². The predicted molar refractivity (Wildman–Crippen MR) is 81.1 cm³/mol. The minimum absolute atomic E-state index is 0.0457. The zero-order valence-electron chi connectivity index (χ0n) is 10.8. The number of nitrogens with one attached hydrogen (secondary N) is 1. The molecule has 21 heavy (non-hydrogen) atoms. The van der Waals surface area contributed by atoms with Crippen LogP contribution in [0, 0.1) is 27.2 Å². The molecule has 0 unspecified atom stereocenters. The van der Waals surface area contributed by atoms with Gasteiger partial charge in [-0.25, -0.2) is 0 Å². The Hall–Kier alpha value is -2.19. The lowest BCUT2D eigenvalue weighted by atomic mass is 10.1. The Balaban J connectivity index is 2.14. The third-order valence-electron chi connectivity index (χ3n) is 2.79. The van der Waals surface area contributed by atoms with Crippen molar-refractivity contribution in [3.8, 4) is 0 Å². The summed E-state index contributed by atoms with van der Waals surface area (Å²) in [6.07, 6.45) is 0. The van der Waals surface area contributed by atoms with E-state index in [1.165, 1.54) is 18.2 Å². The van der Waals surface area contributed by atoms with Crippen LogP contribution in [-0.2, 0) is 6.54 Å². The van der Waals surface area contributed by atoms with Gasteiger partial charge >= 0.3 is 5.00 Å². The number of hydrogen-bond acceptors (Lipinski definition) is 6. The SMILES string of the molecule is Cc1cc([N+](=O)[O-])c(Cl)cc1NCc1csc([N+](=O)[O-])c1. The lowest BCUT2D eigenvalue weighted by Gasteiger charge is -2.09. The van der Waals surface area contributed by atoms with Crippen LogP contribution in [0.1, 0.15) is 11.1 Å². The molecule has 0 saturated carbocycles. The molecule has 0 aliphatic carbocycles. The molecule has 0 spiro atoms. The van der Waals surface area contributed by atoms with Gasteiger partial charge in [0, 0.05) is 29.7 Å². The minimum Gasteiger partial charge on any atom is -0.381 e. The summed E-state index contributed by atoms with van der Waals surface area (Å²) in [7, 11) is 0. The van der Waals surface area contributed by atoms with Crippen LogP contribution in [0.3, 0.4) is 0 Å². The Morgan fingerprint density at radius 3 is 2.52 bits per heavy atom. The van der Waals surface area contributed by atoms with Crippen molar-refractivity contribution in [2.75, 3.05) is 5.32 Å². The molecule has 1 aromatic carbocycles. The number of hydrogen-bond donors (Lipinski definition) is 1. The highest BCUT2D eigenvalue weighted by molar-refractivity contribution is 7.13. The van der Waals surface area contributed by atoms with Crippen molar-refractivity contribution in [3.05, 3.63) is 60.0 Å². The fourth-order valence-corrected chi connectivity index (χ4v) is 2.71. The fourth-order valence-electron chi connectivity index (χ4n) is 1.75. The Bertz CT molecular complexity index is 717. The lowest BCUT2D eigenvalue weighted by Crippen LogP contribution is -2.01. The van der Waals surface area contributed by atoms with E-state index in [0.29, 0.717) is 17.8 Å². The second-order valence-electron chi connectivity index (χ2n) is 4.28. The van der Waals surface area contributed by atoms with Crippen LogP contribution < -0.4 is 5.32 Å². The first-order valence-corrected chi connectivity index (χ1v) is 7.04. The van der Waals surface area contributed by atoms with Crippen molar-refractivity contribution in [1.29, 1.82) is 0 Å². The standard InChI is InChI=1S/C12H10ClN3O4S/c1-7-2-11(15(17)18)9(13)4-10(7)14-5-8-3-12(16(19)20)21-6-8/h2-4,6,14H,5H2,1H3. The Kier molecular flexibility index (Phi) is 4.39. The van der Waals surface area contributed by atoms with Crippen LogP contribution in [0.5, 0.6) is 0 Å². The largest absolute Gasteiger partial charge is 0.381 e. The van der Waals surface area contributed by atoms with Crippen LogP contribution in [0.15, 0.2) is 23.6 Å². The van der Waals surface area contributed by atoms with Crippen molar-refractivity contribution in [1.82, 2.24) is 0 Å². The summed E-state index contributed by atoms with van der Waals surface area (Å²) < 4.78 is 0. The maximum absolute atomic E-state index is 10.8. The number of halogens is 1. The maximum atomic E-state index is 10.8. The molecule has 0 fully saturated rings. The highest BCUT2D eigenvalue weighted by Gasteiger charge is 2.15. The van der Waals surface area contributed by atoms with Crippen molar-refractivity contribution < 1.29 is 9.85 Å². The van der Waals surface area contributed by atoms with Gasteiger partial charge in [0.1, 0.15) is 5.02 Å². The molecule has 110 valence electrons. The number of anilines is 1. The van der Waals surface area contributed by atoms with Gasteiger partial charge in [0.25, 0.3) is 5.69 Å². The first kappa shape index (κ1) is 15.2. The molecule has 0 atom stereocenters. The first-order valence-electron chi connectivity index (χ1n) is 5.78. The predicted octanol–water partition coefficient (Wildman–Crippen LogP) is 4.14. The average molecular weight is 328 g/mol. The topological polar surface area (TPSA) is 98.3 Å². The van der Waals surface area contributed by atoms with Gasteiger partial charge < -0.3 is 5.32 Å². The van der Waals surface area contributed by atoms with E-state index in [1.807, 2.05) is 0 Å². The molecule has 2 aromatic rings. The number of nitro groups is 2. The van der Waals surface area contributed by atoms with E-state index in [4.69, 9.17) is 11.6 Å². The summed E-state index contributed by atoms with van der Waals surface area (Å²) in [5.41, 5.74) is 1.95. The minimum atomic E-state index is -0.540. The molecular weight excluding hydrogens is 318 g/mol. The van der Waals surface area contributed by atoms with Crippen molar-refractivity contribution in [2.24, 2.45) is 0 Å². The molecule has 9 heteroatoms. The smallest absolute Gasteiger partial charge is 0.324 e. The summed E-state index contributed by atoms with van der Waals surface area (Å²) in [4.78, 5) is 20.4. The number of aryl methyl sites for hydroxylation is 1. The highest BCUT2D eigenvalue weighted by atomic mass is 35.5. The zero-order chi connectivity index (χ0) is 15.6. The zero-order valence-corrected chi connectivity index (χ0v) is 12.4. The second-order valence-corrected chi connectivity index (χ2v) is 5.58. The normalized spacial score (nSPS) is 10.4. The van der Waals surface area contributed by atoms with E-state index < -0.39 is 9.85 Å². The van der Waals surface area contributed by atoms with Crippen LogP contribution in [-0.4, -0.2) is 9.85 Å². The van der Waals surface area contributed by atoms with Crippen LogP contribution in [0.2, 0.25) is 5.02 Å². The van der Waals surface area contributed by atoms with E-state index in [1.54, 1.807) is 12.3 Å². The third-order valence-corrected chi connectivity index (χ3v) is 4.03. The second kappa shape index (κ2) is 6.06. The number of nitro benzene ring substituents is 1. The van der Waals surface area contributed by atoms with Gasteiger partial charge in [0.2, 0.25) is 0 Å². The van der Waals surface area contributed by atoms with Crippen LogP contribution in [0.4, 0.5) is 16.4 Å². The summed E-state index contributed by atoms with van der Waals surface area (Å²) in [6, 6.07) is 4.36. The summed E-state index contributed by atoms with van der Waals surface area (Å²) in [5.74, 6) is 0. The summed E-state index contributed by atoms with van der Waals surface area (Å²) in [5, 5.41) is 26.2. The number of thiophene rings is 1. The molecule has 0 radical (unpaired) electrons. The van der Waals surface area contributed by atoms with Crippen molar-refractivity contribution in [3.63, 3.8) is 0 Å². The quantitative estimate of drug-likeness (QED) is 0.657. The molecule has 0 saturated heterocycles. The Morgan fingerprint density at radius 1 is 1.24 bits per heavy atom. The average Bonchev–Trinajstić information content (AvgIpc) is 2.88. The first-order chi connectivity index (χ1) is 9.88. The van der Waals surface area contributed by atoms with Crippen LogP contribution in [0.25, 0.3) is 0 Å². The van der Waals surface area contributed by atoms with E-state index in [9.17, 15) is 20.2 Å². The van der Waals surface area contributed by atoms with Gasteiger partial charge in [-0.05, 0) is 24.1 Å². The van der Waals surface area contributed by atoms with Gasteiger partial charge in [0.05, 0.1) is 9.85 Å². The van der Waals surface area contributed by atoms with E-state index in [0.717, 1.165) is 16.9 Å². The van der Waals surface area contributed by atoms with Gasteiger partial charge in [-0.15, -0.1) is 0 Å². The highest BCUT2D eigenvalue weighted by Crippen LogP contribution is 2.31.